The molecule has 3 atom stereocenters. The molecule has 4 amide bonds. The third-order valence-corrected chi connectivity index (χ3v) is 6.16. The van der Waals surface area contributed by atoms with Gasteiger partial charge in [0.25, 0.3) is 5.91 Å². The fourth-order valence-corrected chi connectivity index (χ4v) is 4.91. The summed E-state index contributed by atoms with van der Waals surface area (Å²) in [7, 11) is 0. The van der Waals surface area contributed by atoms with Crippen LogP contribution in [-0.2, 0) is 9.59 Å². The number of hydrogen-bond acceptors (Lipinski definition) is 5. The lowest BCUT2D eigenvalue weighted by atomic mass is 10.1. The number of carbonyl (C=O) groups is 3. The molecule has 1 aromatic carbocycles. The van der Waals surface area contributed by atoms with Gasteiger partial charge >= 0.3 is 6.03 Å². The lowest BCUT2D eigenvalue weighted by Gasteiger charge is -2.35. The zero-order valence-corrected chi connectivity index (χ0v) is 16.1. The third-order valence-electron chi connectivity index (χ3n) is 6.16. The Balaban J connectivity index is 1.57. The molecule has 1 aromatic heterocycles. The monoisotopic (exact) mass is 389 g/mol. The highest BCUT2D eigenvalue weighted by Gasteiger charge is 2.63. The summed E-state index contributed by atoms with van der Waals surface area (Å²) in [5.41, 5.74) is 0.628. The quantitative estimate of drug-likeness (QED) is 0.731. The van der Waals surface area contributed by atoms with Crippen LogP contribution in [-0.4, -0.2) is 57.3 Å². The van der Waals surface area contributed by atoms with Crippen molar-refractivity contribution in [3.05, 3.63) is 36.2 Å². The van der Waals surface area contributed by atoms with Crippen LogP contribution in [0.3, 0.4) is 0 Å². The van der Waals surface area contributed by atoms with Gasteiger partial charge in [-0.1, -0.05) is 38.1 Å². The Labute approximate surface area is 167 Å². The Morgan fingerprint density at radius 1 is 1.24 bits per heavy atom. The van der Waals surface area contributed by atoms with Gasteiger partial charge in [-0.25, -0.2) is 14.7 Å². The molecule has 8 nitrogen and oxygen atoms in total. The largest absolute Gasteiger partial charge is 0.335 e. The Kier molecular flexibility index (Phi) is 3.65. The summed E-state index contributed by atoms with van der Waals surface area (Å²) in [6.45, 7) is 4.15. The maximum Gasteiger partial charge on any atom is 0.332 e. The minimum absolute atomic E-state index is 0.0151. The van der Waals surface area contributed by atoms with Gasteiger partial charge in [-0.2, -0.15) is 5.26 Å². The van der Waals surface area contributed by atoms with Gasteiger partial charge in [0.1, 0.15) is 17.8 Å². The van der Waals surface area contributed by atoms with E-state index in [0.717, 1.165) is 0 Å². The number of aromatic nitrogens is 1. The standard InChI is InChI=1S/C21H19N5O3/c1-11(2)19(27)24-10-12-7-16(24)18-20(28)26(21(29)25(12)18)17-9-23-15(8-22)13-5-3-4-6-14(13)17/h3-6,9,11-12,16,18H,7,10H2,1-2H3. The van der Waals surface area contributed by atoms with Gasteiger partial charge in [-0.05, 0) is 6.42 Å². The van der Waals surface area contributed by atoms with Crippen molar-refractivity contribution >= 4 is 34.3 Å². The Bertz CT molecular complexity index is 1120. The van der Waals surface area contributed by atoms with Gasteiger partial charge in [0.2, 0.25) is 5.91 Å². The Hall–Kier alpha value is -3.47. The molecule has 2 bridgehead atoms. The number of imide groups is 1. The number of rotatable bonds is 2. The first-order chi connectivity index (χ1) is 13.9. The number of piperazine rings is 1. The predicted octanol–water partition coefficient (Wildman–Crippen LogP) is 1.88. The van der Waals surface area contributed by atoms with E-state index in [-0.39, 0.29) is 41.5 Å². The molecule has 5 rings (SSSR count). The van der Waals surface area contributed by atoms with E-state index in [1.807, 2.05) is 19.9 Å². The summed E-state index contributed by atoms with van der Waals surface area (Å²) in [6, 6.07) is 7.71. The molecule has 0 radical (unpaired) electrons. The van der Waals surface area contributed by atoms with Crippen molar-refractivity contribution in [1.82, 2.24) is 14.8 Å². The van der Waals surface area contributed by atoms with Gasteiger partial charge in [0.15, 0.2) is 0 Å². The number of urea groups is 1. The normalized spacial score (nSPS) is 25.3. The van der Waals surface area contributed by atoms with Crippen molar-refractivity contribution in [3.8, 4) is 6.07 Å². The fourth-order valence-electron chi connectivity index (χ4n) is 4.91. The summed E-state index contributed by atoms with van der Waals surface area (Å²) >= 11 is 0. The topological polar surface area (TPSA) is 97.6 Å². The summed E-state index contributed by atoms with van der Waals surface area (Å²) < 4.78 is 0. The van der Waals surface area contributed by atoms with E-state index < -0.39 is 6.04 Å². The van der Waals surface area contributed by atoms with Crippen LogP contribution >= 0.6 is 0 Å². The van der Waals surface area contributed by atoms with Crippen molar-refractivity contribution in [3.63, 3.8) is 0 Å². The second-order valence-corrected chi connectivity index (χ2v) is 8.06. The van der Waals surface area contributed by atoms with Crippen molar-refractivity contribution < 1.29 is 14.4 Å². The first-order valence-corrected chi connectivity index (χ1v) is 9.68. The number of anilines is 1. The lowest BCUT2D eigenvalue weighted by Crippen LogP contribution is -2.55. The second kappa shape index (κ2) is 6.01. The molecule has 3 fully saturated rings. The molecule has 3 aliphatic heterocycles. The molecular formula is C21H19N5O3. The molecule has 8 heteroatoms. The van der Waals surface area contributed by atoms with E-state index in [9.17, 15) is 19.6 Å². The van der Waals surface area contributed by atoms with Crippen molar-refractivity contribution in [1.29, 1.82) is 5.26 Å². The van der Waals surface area contributed by atoms with Gasteiger partial charge in [-0.15, -0.1) is 0 Å². The fraction of sp³-hybridized carbons (Fsp3) is 0.381. The van der Waals surface area contributed by atoms with E-state index >= 15 is 0 Å². The molecule has 3 aliphatic rings. The molecular weight excluding hydrogens is 370 g/mol. The van der Waals surface area contributed by atoms with Gasteiger partial charge in [0.05, 0.1) is 24.0 Å². The van der Waals surface area contributed by atoms with Crippen molar-refractivity contribution in [2.75, 3.05) is 11.4 Å². The molecule has 3 saturated heterocycles. The second-order valence-electron chi connectivity index (χ2n) is 8.06. The van der Waals surface area contributed by atoms with Crippen molar-refractivity contribution in [2.24, 2.45) is 5.92 Å². The van der Waals surface area contributed by atoms with Crippen LogP contribution in [0.15, 0.2) is 30.5 Å². The minimum atomic E-state index is -0.654. The van der Waals surface area contributed by atoms with Gasteiger partial charge in [-0.3, -0.25) is 9.59 Å². The molecule has 0 N–H and O–H groups in total. The maximum atomic E-state index is 13.4. The zero-order valence-electron chi connectivity index (χ0n) is 16.1. The highest BCUT2D eigenvalue weighted by atomic mass is 16.2. The number of nitrogens with zero attached hydrogens (tertiary/aromatic N) is 5. The van der Waals surface area contributed by atoms with Gasteiger partial charge < -0.3 is 9.80 Å². The number of fused-ring (bicyclic) bond motifs is 6. The number of carbonyl (C=O) groups excluding carboxylic acids is 3. The van der Waals surface area contributed by atoms with Crippen LogP contribution in [0.5, 0.6) is 0 Å². The summed E-state index contributed by atoms with van der Waals surface area (Å²) in [5.74, 6) is -0.473. The number of benzene rings is 1. The Morgan fingerprint density at radius 3 is 2.66 bits per heavy atom. The van der Waals surface area contributed by atoms with Crippen LogP contribution in [0.25, 0.3) is 10.8 Å². The number of amides is 4. The molecule has 2 aromatic rings. The molecule has 4 heterocycles. The van der Waals surface area contributed by atoms with E-state index in [1.54, 1.807) is 34.1 Å². The first kappa shape index (κ1) is 17.6. The summed E-state index contributed by atoms with van der Waals surface area (Å²) in [6.07, 6.45) is 2.05. The van der Waals surface area contributed by atoms with Crippen LogP contribution in [0, 0.1) is 17.2 Å². The highest BCUT2D eigenvalue weighted by Crippen LogP contribution is 2.43. The van der Waals surface area contributed by atoms with Crippen LogP contribution < -0.4 is 4.90 Å². The molecule has 146 valence electrons. The molecule has 0 saturated carbocycles. The van der Waals surface area contributed by atoms with Crippen molar-refractivity contribution in [2.45, 2.75) is 38.4 Å². The van der Waals surface area contributed by atoms with Crippen LogP contribution in [0.2, 0.25) is 0 Å². The maximum absolute atomic E-state index is 13.4. The number of nitriles is 1. The van der Waals surface area contributed by atoms with Crippen LogP contribution in [0.4, 0.5) is 10.5 Å². The Morgan fingerprint density at radius 2 is 1.97 bits per heavy atom. The average Bonchev–Trinajstić information content (AvgIpc) is 3.38. The molecule has 3 unspecified atom stereocenters. The summed E-state index contributed by atoms with van der Waals surface area (Å²) in [4.78, 5) is 47.9. The third kappa shape index (κ3) is 2.24. The van der Waals surface area contributed by atoms with E-state index in [0.29, 0.717) is 29.4 Å². The number of pyridine rings is 1. The molecule has 29 heavy (non-hydrogen) atoms. The van der Waals surface area contributed by atoms with E-state index in [1.165, 1.54) is 11.1 Å². The van der Waals surface area contributed by atoms with Gasteiger partial charge in [0, 0.05) is 23.2 Å². The van der Waals surface area contributed by atoms with Crippen LogP contribution in [0.1, 0.15) is 26.0 Å². The summed E-state index contributed by atoms with van der Waals surface area (Å²) in [5, 5.41) is 10.6. The lowest BCUT2D eigenvalue weighted by molar-refractivity contribution is -0.138. The number of hydrogen-bond donors (Lipinski definition) is 0. The zero-order chi connectivity index (χ0) is 20.4. The minimum Gasteiger partial charge on any atom is -0.335 e. The van der Waals surface area contributed by atoms with E-state index in [2.05, 4.69) is 4.98 Å². The average molecular weight is 389 g/mol. The molecule has 0 aliphatic carbocycles. The highest BCUT2D eigenvalue weighted by molar-refractivity contribution is 6.25. The number of likely N-dealkylation sites (tertiary alicyclic amines) is 1. The van der Waals surface area contributed by atoms with E-state index in [4.69, 9.17) is 0 Å². The predicted molar refractivity (Wildman–Crippen MR) is 104 cm³/mol. The smallest absolute Gasteiger partial charge is 0.332 e. The SMILES string of the molecule is CC(C)C(=O)N1CC2CC1C1C(=O)N(c3cnc(C#N)c4ccccc34)C(=O)N21. The molecule has 0 spiro atoms. The first-order valence-electron chi connectivity index (χ1n) is 9.68.